The number of rotatable bonds is 10. The van der Waals surface area contributed by atoms with E-state index >= 15 is 0 Å². The molecule has 0 aliphatic heterocycles. The monoisotopic (exact) mass is 403 g/mol. The second-order valence-corrected chi connectivity index (χ2v) is 7.36. The van der Waals surface area contributed by atoms with Crippen molar-refractivity contribution < 1.29 is 14.8 Å². The number of carbonyl (C=O) groups is 1. The fourth-order valence-electron chi connectivity index (χ4n) is 3.36. The Hall–Kier alpha value is -2.91. The molecule has 3 aromatic carbocycles. The molecule has 0 unspecified atom stereocenters. The van der Waals surface area contributed by atoms with E-state index in [0.717, 1.165) is 12.8 Å². The van der Waals surface area contributed by atoms with E-state index in [1.807, 2.05) is 0 Å². The number of carboxylic acids is 1. The molecule has 0 saturated heterocycles. The Morgan fingerprint density at radius 3 is 1.37 bits per heavy atom. The van der Waals surface area contributed by atoms with Gasteiger partial charge in [-0.1, -0.05) is 93.6 Å². The van der Waals surface area contributed by atoms with Crippen LogP contribution in [0.4, 0.5) is 17.1 Å². The molecule has 0 aliphatic rings. The molecular weight excluding hydrogens is 370 g/mol. The average Bonchev–Trinajstić information content (AvgIpc) is 2.79. The zero-order chi connectivity index (χ0) is 21.4. The summed E-state index contributed by atoms with van der Waals surface area (Å²) < 4.78 is 0. The van der Waals surface area contributed by atoms with Gasteiger partial charge in [0.1, 0.15) is 17.1 Å². The molecule has 3 rings (SSSR count). The van der Waals surface area contributed by atoms with Crippen LogP contribution in [0.3, 0.4) is 0 Å². The lowest BCUT2D eigenvalue weighted by molar-refractivity contribution is -0.681. The van der Waals surface area contributed by atoms with Crippen LogP contribution < -0.4 is 10.0 Å². The Morgan fingerprint density at radius 2 is 1.00 bits per heavy atom. The van der Waals surface area contributed by atoms with E-state index in [-0.39, 0.29) is 6.42 Å². The lowest BCUT2D eigenvalue weighted by Gasteiger charge is -2.18. The van der Waals surface area contributed by atoms with Crippen molar-refractivity contribution in [3.05, 3.63) is 91.0 Å². The highest BCUT2D eigenvalue weighted by atomic mass is 16.4. The van der Waals surface area contributed by atoms with Crippen molar-refractivity contribution in [3.63, 3.8) is 0 Å². The Balaban J connectivity index is 0.000000252. The summed E-state index contributed by atoms with van der Waals surface area (Å²) in [7, 11) is 0. The van der Waals surface area contributed by atoms with Crippen LogP contribution >= 0.6 is 0 Å². The fourth-order valence-corrected chi connectivity index (χ4v) is 3.36. The van der Waals surface area contributed by atoms with Gasteiger partial charge in [0.05, 0.1) is 0 Å². The first-order valence-corrected chi connectivity index (χ1v) is 11.0. The van der Waals surface area contributed by atoms with E-state index in [0.29, 0.717) is 0 Å². The minimum absolute atomic E-state index is 0.228. The Morgan fingerprint density at radius 1 is 0.633 bits per heavy atom. The molecule has 0 radical (unpaired) electrons. The van der Waals surface area contributed by atoms with Crippen LogP contribution in [0, 0.1) is 0 Å². The van der Waals surface area contributed by atoms with E-state index in [2.05, 4.69) is 97.9 Å². The van der Waals surface area contributed by atoms with Crippen molar-refractivity contribution in [2.45, 2.75) is 51.9 Å². The van der Waals surface area contributed by atoms with E-state index < -0.39 is 5.97 Å². The van der Waals surface area contributed by atoms with Crippen LogP contribution in [0.15, 0.2) is 91.0 Å². The smallest absolute Gasteiger partial charge is 0.141 e. The molecule has 3 nitrogen and oxygen atoms in total. The van der Waals surface area contributed by atoms with Gasteiger partial charge in [-0.3, -0.25) is 0 Å². The first kappa shape index (κ1) is 23.4. The third-order valence-electron chi connectivity index (χ3n) is 4.92. The highest BCUT2D eigenvalue weighted by Gasteiger charge is 2.17. The quantitative estimate of drug-likeness (QED) is 0.464. The van der Waals surface area contributed by atoms with E-state index in [1.165, 1.54) is 47.6 Å². The number of hydrogen-bond donors (Lipinski definition) is 1. The van der Waals surface area contributed by atoms with Gasteiger partial charge in [0.15, 0.2) is 0 Å². The van der Waals surface area contributed by atoms with E-state index in [4.69, 9.17) is 0 Å². The number of aliphatic carboxylic acids is 1. The van der Waals surface area contributed by atoms with Crippen molar-refractivity contribution >= 4 is 23.0 Å². The molecule has 158 valence electrons. The lowest BCUT2D eigenvalue weighted by atomic mass is 10.1. The number of hydrogen-bond acceptors (Lipinski definition) is 2. The summed E-state index contributed by atoms with van der Waals surface area (Å²) in [5.74, 6) is -0.916. The number of para-hydroxylation sites is 3. The normalized spacial score (nSPS) is 10.3. The van der Waals surface area contributed by atoms with Crippen molar-refractivity contribution in [2.24, 2.45) is 0 Å². The van der Waals surface area contributed by atoms with Gasteiger partial charge >= 0.3 is 0 Å². The summed E-state index contributed by atoms with van der Waals surface area (Å²) in [5, 5.41) is 9.98. The summed E-state index contributed by atoms with van der Waals surface area (Å²) in [4.78, 5) is 11.3. The maximum absolute atomic E-state index is 9.98. The topological polar surface area (TPSA) is 44.6 Å². The second-order valence-electron chi connectivity index (χ2n) is 7.36. The van der Waals surface area contributed by atoms with Crippen molar-refractivity contribution in [1.82, 2.24) is 0 Å². The minimum atomic E-state index is -0.916. The summed E-state index contributed by atoms with van der Waals surface area (Å²) >= 11 is 0. The molecule has 30 heavy (non-hydrogen) atoms. The molecule has 3 aromatic rings. The standard InChI is InChI=1S/C18H15N.C9H18O2/c1-4-10-16(11-5-1)19(17-12-6-2-7-13-17)18-14-8-3-9-15-18;1-2-3-4-5-6-7-8-9(10)11/h1-15H;2-8H2,1H3,(H,10,11). The minimum Gasteiger partial charge on any atom is -0.550 e. The fraction of sp³-hybridized carbons (Fsp3) is 0.296. The second kappa shape index (κ2) is 14.1. The van der Waals surface area contributed by atoms with Gasteiger partial charge in [-0.2, -0.15) is 0 Å². The molecule has 0 atom stereocenters. The first-order valence-electron chi connectivity index (χ1n) is 11.0. The Kier molecular flexibility index (Phi) is 11.0. The first-order chi connectivity index (χ1) is 14.7. The number of quaternary nitrogens is 1. The number of nitrogens with one attached hydrogen (secondary N) is 1. The van der Waals surface area contributed by atoms with Crippen molar-refractivity contribution in [1.29, 1.82) is 0 Å². The third-order valence-corrected chi connectivity index (χ3v) is 4.92. The van der Waals surface area contributed by atoms with Gasteiger partial charge in [0.25, 0.3) is 0 Å². The third kappa shape index (κ3) is 8.62. The van der Waals surface area contributed by atoms with Crippen molar-refractivity contribution in [2.75, 3.05) is 0 Å². The van der Waals surface area contributed by atoms with Gasteiger partial charge in [0.2, 0.25) is 0 Å². The lowest BCUT2D eigenvalue weighted by Crippen LogP contribution is -2.96. The summed E-state index contributed by atoms with van der Waals surface area (Å²) in [6.07, 6.45) is 6.96. The van der Waals surface area contributed by atoms with Crippen LogP contribution in [0.1, 0.15) is 51.9 Å². The van der Waals surface area contributed by atoms with Gasteiger partial charge in [0, 0.05) is 5.97 Å². The molecule has 3 heteroatoms. The maximum Gasteiger partial charge on any atom is 0.141 e. The van der Waals surface area contributed by atoms with Crippen LogP contribution in [0.25, 0.3) is 0 Å². The molecule has 0 aliphatic carbocycles. The van der Waals surface area contributed by atoms with Crippen LogP contribution in [0.2, 0.25) is 0 Å². The molecule has 0 aromatic heterocycles. The molecule has 0 amide bonds. The number of unbranched alkanes of at least 4 members (excludes halogenated alkanes) is 5. The van der Waals surface area contributed by atoms with E-state index in [1.54, 1.807) is 0 Å². The summed E-state index contributed by atoms with van der Waals surface area (Å²) in [6, 6.07) is 31.6. The zero-order valence-corrected chi connectivity index (χ0v) is 17.9. The van der Waals surface area contributed by atoms with E-state index in [9.17, 15) is 9.90 Å². The molecule has 0 bridgehead atoms. The molecule has 0 heterocycles. The molecule has 1 N–H and O–H groups in total. The predicted octanol–water partition coefficient (Wildman–Crippen LogP) is 5.35. The highest BCUT2D eigenvalue weighted by molar-refractivity contribution is 5.64. The molecular formula is C27H33NO2. The van der Waals surface area contributed by atoms with Gasteiger partial charge in [-0.15, -0.1) is 0 Å². The largest absolute Gasteiger partial charge is 0.550 e. The van der Waals surface area contributed by atoms with Crippen LogP contribution in [0.5, 0.6) is 0 Å². The van der Waals surface area contributed by atoms with Crippen LogP contribution in [-0.4, -0.2) is 5.97 Å². The van der Waals surface area contributed by atoms with Gasteiger partial charge in [-0.25, -0.2) is 4.90 Å². The number of carboxylic acid groups (broad SMARTS) is 1. The van der Waals surface area contributed by atoms with Gasteiger partial charge in [-0.05, 0) is 49.2 Å². The highest BCUT2D eigenvalue weighted by Crippen LogP contribution is 2.14. The SMILES string of the molecule is CCCCCCCCC(=O)[O-].c1ccc([NH+](c2ccccc2)c2ccccc2)cc1. The zero-order valence-electron chi connectivity index (χ0n) is 17.9. The van der Waals surface area contributed by atoms with Crippen molar-refractivity contribution in [3.8, 4) is 0 Å². The van der Waals surface area contributed by atoms with Crippen LogP contribution in [-0.2, 0) is 4.79 Å². The summed E-state index contributed by atoms with van der Waals surface area (Å²) in [6.45, 7) is 2.17. The molecule has 0 spiro atoms. The Labute approximate surface area is 181 Å². The summed E-state index contributed by atoms with van der Waals surface area (Å²) in [5.41, 5.74) is 3.75. The Bertz CT molecular complexity index is 725. The average molecular weight is 404 g/mol. The predicted molar refractivity (Wildman–Crippen MR) is 122 cm³/mol. The molecule has 0 fully saturated rings. The van der Waals surface area contributed by atoms with Gasteiger partial charge < -0.3 is 9.90 Å². The number of carbonyl (C=O) groups excluding carboxylic acids is 1. The molecule has 0 saturated carbocycles. The number of benzene rings is 3. The maximum atomic E-state index is 9.98.